The van der Waals surface area contributed by atoms with Crippen molar-refractivity contribution < 1.29 is 0 Å². The Labute approximate surface area is 112 Å². The molecule has 3 nitrogen and oxygen atoms in total. The first kappa shape index (κ1) is 11.6. The molecule has 0 fully saturated rings. The summed E-state index contributed by atoms with van der Waals surface area (Å²) >= 11 is 0. The molecule has 90 valence electrons. The van der Waals surface area contributed by atoms with Crippen molar-refractivity contribution in [2.45, 2.75) is 0 Å². The summed E-state index contributed by atoms with van der Waals surface area (Å²) in [5, 5.41) is 0. The van der Waals surface area contributed by atoms with Crippen LogP contribution in [0, 0.1) is 0 Å². The Hall–Kier alpha value is -2.49. The molecule has 0 unspecified atom stereocenters. The van der Waals surface area contributed by atoms with Gasteiger partial charge in [0.15, 0.2) is 0 Å². The van der Waals surface area contributed by atoms with Gasteiger partial charge in [-0.05, 0) is 36.4 Å². The fourth-order valence-electron chi connectivity index (χ4n) is 2.09. The van der Waals surface area contributed by atoms with Crippen LogP contribution in [-0.4, -0.2) is 21.7 Å². The molecule has 3 aromatic heterocycles. The lowest BCUT2D eigenvalue weighted by Crippen LogP contribution is -2.55. The van der Waals surface area contributed by atoms with E-state index in [0.29, 0.717) is 0 Å². The van der Waals surface area contributed by atoms with Crippen LogP contribution >= 0.6 is 0 Å². The minimum Gasteiger partial charge on any atom is -0.270 e. The molecule has 0 amide bonds. The van der Waals surface area contributed by atoms with E-state index in [-0.39, 0.29) is 6.71 Å². The van der Waals surface area contributed by atoms with Gasteiger partial charge in [0.05, 0.1) is 0 Å². The Kier molecular flexibility index (Phi) is 3.32. The molecule has 19 heavy (non-hydrogen) atoms. The van der Waals surface area contributed by atoms with Crippen molar-refractivity contribution in [2.24, 2.45) is 0 Å². The van der Waals surface area contributed by atoms with Crippen LogP contribution in [0.2, 0.25) is 0 Å². The maximum Gasteiger partial charge on any atom is 0.310 e. The molecule has 3 rings (SSSR count). The molecule has 0 aromatic carbocycles. The predicted molar refractivity (Wildman–Crippen MR) is 77.4 cm³/mol. The van der Waals surface area contributed by atoms with Gasteiger partial charge >= 0.3 is 6.71 Å². The third-order valence-electron chi connectivity index (χ3n) is 2.95. The predicted octanol–water partition coefficient (Wildman–Crippen LogP) is 0.388. The molecule has 0 aliphatic heterocycles. The van der Waals surface area contributed by atoms with Crippen LogP contribution in [0.15, 0.2) is 73.2 Å². The monoisotopic (exact) mass is 245 g/mol. The van der Waals surface area contributed by atoms with Crippen LogP contribution in [0.1, 0.15) is 0 Å². The van der Waals surface area contributed by atoms with Crippen molar-refractivity contribution in [1.82, 2.24) is 15.0 Å². The Morgan fingerprint density at radius 1 is 0.526 bits per heavy atom. The summed E-state index contributed by atoms with van der Waals surface area (Å²) in [6.07, 6.45) is 5.40. The van der Waals surface area contributed by atoms with Crippen LogP contribution in [0.5, 0.6) is 0 Å². The van der Waals surface area contributed by atoms with Gasteiger partial charge in [-0.25, -0.2) is 0 Å². The van der Waals surface area contributed by atoms with E-state index in [4.69, 9.17) is 0 Å². The highest BCUT2D eigenvalue weighted by molar-refractivity contribution is 6.93. The number of rotatable bonds is 3. The van der Waals surface area contributed by atoms with Gasteiger partial charge in [0, 0.05) is 35.4 Å². The van der Waals surface area contributed by atoms with Crippen molar-refractivity contribution in [2.75, 3.05) is 0 Å². The normalized spacial score (nSPS) is 10.1. The van der Waals surface area contributed by atoms with Gasteiger partial charge in [-0.2, -0.15) is 0 Å². The first-order valence-corrected chi connectivity index (χ1v) is 6.18. The van der Waals surface area contributed by atoms with E-state index in [0.717, 1.165) is 16.8 Å². The molecule has 0 saturated heterocycles. The molecule has 0 atom stereocenters. The molecule has 3 aromatic rings. The maximum absolute atomic E-state index is 4.45. The lowest BCUT2D eigenvalue weighted by Gasteiger charge is -2.11. The minimum absolute atomic E-state index is 0.0244. The van der Waals surface area contributed by atoms with E-state index in [1.54, 1.807) is 18.6 Å². The first-order chi connectivity index (χ1) is 9.45. The van der Waals surface area contributed by atoms with Gasteiger partial charge in [-0.1, -0.05) is 18.2 Å². The summed E-state index contributed by atoms with van der Waals surface area (Å²) in [5.74, 6) is 0. The molecule has 0 N–H and O–H groups in total. The van der Waals surface area contributed by atoms with Gasteiger partial charge in [0.25, 0.3) is 0 Å². The number of hydrogen-bond acceptors (Lipinski definition) is 3. The molecule has 0 bridgehead atoms. The molecule has 0 saturated carbocycles. The smallest absolute Gasteiger partial charge is 0.270 e. The van der Waals surface area contributed by atoms with E-state index < -0.39 is 0 Å². The lowest BCUT2D eigenvalue weighted by molar-refractivity contribution is 1.33. The molecule has 4 heteroatoms. The quantitative estimate of drug-likeness (QED) is 0.626. The first-order valence-electron chi connectivity index (χ1n) is 6.18. The second-order valence-corrected chi connectivity index (χ2v) is 4.20. The number of hydrogen-bond donors (Lipinski definition) is 0. The number of pyridine rings is 3. The van der Waals surface area contributed by atoms with Crippen molar-refractivity contribution >= 4 is 23.5 Å². The van der Waals surface area contributed by atoms with Gasteiger partial charge in [0.2, 0.25) is 0 Å². The van der Waals surface area contributed by atoms with Crippen molar-refractivity contribution in [3.8, 4) is 0 Å². The Morgan fingerprint density at radius 3 is 1.16 bits per heavy atom. The molecule has 0 spiro atoms. The van der Waals surface area contributed by atoms with Crippen LogP contribution < -0.4 is 16.8 Å². The van der Waals surface area contributed by atoms with Crippen LogP contribution in [-0.2, 0) is 0 Å². The Bertz CT molecular complexity index is 535. The average molecular weight is 245 g/mol. The van der Waals surface area contributed by atoms with E-state index >= 15 is 0 Å². The van der Waals surface area contributed by atoms with E-state index in [1.807, 2.05) is 54.6 Å². The Balaban J connectivity index is 2.12. The van der Waals surface area contributed by atoms with Crippen molar-refractivity contribution in [1.29, 1.82) is 0 Å². The fraction of sp³-hybridized carbons (Fsp3) is 0. The summed E-state index contributed by atoms with van der Waals surface area (Å²) in [6.45, 7) is -0.0244. The number of nitrogens with zero attached hydrogens (tertiary/aromatic N) is 3. The highest BCUT2D eigenvalue weighted by Gasteiger charge is 2.25. The summed E-state index contributed by atoms with van der Waals surface area (Å²) in [6, 6.07) is 17.7. The van der Waals surface area contributed by atoms with Gasteiger partial charge in [0.1, 0.15) is 0 Å². The molecule has 0 radical (unpaired) electrons. The highest BCUT2D eigenvalue weighted by atomic mass is 14.7. The molecular formula is C15H12BN3. The minimum atomic E-state index is -0.0244. The topological polar surface area (TPSA) is 38.7 Å². The Morgan fingerprint density at radius 2 is 0.895 bits per heavy atom. The standard InChI is InChI=1S/C15H12BN3/c1-4-10-17-13(7-1)16(14-8-2-5-11-18-14)15-9-3-6-12-19-15/h1-12H. The third-order valence-corrected chi connectivity index (χ3v) is 2.95. The lowest BCUT2D eigenvalue weighted by atomic mass is 9.42. The summed E-state index contributed by atoms with van der Waals surface area (Å²) in [4.78, 5) is 13.4. The highest BCUT2D eigenvalue weighted by Crippen LogP contribution is 1.89. The fourth-order valence-corrected chi connectivity index (χ4v) is 2.09. The van der Waals surface area contributed by atoms with E-state index in [2.05, 4.69) is 15.0 Å². The SMILES string of the molecule is c1ccc(B(c2ccccn2)c2ccccn2)nc1. The third kappa shape index (κ3) is 2.52. The zero-order valence-corrected chi connectivity index (χ0v) is 10.3. The summed E-state index contributed by atoms with van der Waals surface area (Å²) < 4.78 is 0. The molecule has 0 aliphatic rings. The van der Waals surface area contributed by atoms with Gasteiger partial charge < -0.3 is 0 Å². The van der Waals surface area contributed by atoms with Crippen molar-refractivity contribution in [3.63, 3.8) is 0 Å². The van der Waals surface area contributed by atoms with Crippen molar-refractivity contribution in [3.05, 3.63) is 73.2 Å². The number of aromatic nitrogens is 3. The van der Waals surface area contributed by atoms with Crippen LogP contribution in [0.4, 0.5) is 0 Å². The van der Waals surface area contributed by atoms with Gasteiger partial charge in [-0.3, -0.25) is 15.0 Å². The summed E-state index contributed by atoms with van der Waals surface area (Å²) in [5.41, 5.74) is 2.87. The molecule has 0 aliphatic carbocycles. The molecular weight excluding hydrogens is 233 g/mol. The zero-order valence-electron chi connectivity index (χ0n) is 10.3. The van der Waals surface area contributed by atoms with E-state index in [9.17, 15) is 0 Å². The van der Waals surface area contributed by atoms with E-state index in [1.165, 1.54) is 0 Å². The van der Waals surface area contributed by atoms with Gasteiger partial charge in [-0.15, -0.1) is 0 Å². The zero-order chi connectivity index (χ0) is 12.9. The molecule has 3 heterocycles. The maximum atomic E-state index is 4.45. The second kappa shape index (κ2) is 5.44. The van der Waals surface area contributed by atoms with Crippen LogP contribution in [0.3, 0.4) is 0 Å². The van der Waals surface area contributed by atoms with Crippen LogP contribution in [0.25, 0.3) is 0 Å². The summed E-state index contributed by atoms with van der Waals surface area (Å²) in [7, 11) is 0. The second-order valence-electron chi connectivity index (χ2n) is 4.20. The average Bonchev–Trinajstić information content (AvgIpc) is 2.51. The largest absolute Gasteiger partial charge is 0.310 e.